The first-order valence-electron chi connectivity index (χ1n) is 6.28. The Morgan fingerprint density at radius 2 is 2.11 bits per heavy atom. The van der Waals surface area contributed by atoms with Crippen LogP contribution in [0, 0.1) is 5.92 Å². The molecule has 1 aliphatic rings. The monoisotopic (exact) mass is 255 g/mol. The van der Waals surface area contributed by atoms with E-state index in [4.69, 9.17) is 5.11 Å². The van der Waals surface area contributed by atoms with Crippen molar-refractivity contribution < 1.29 is 14.7 Å². The zero-order valence-corrected chi connectivity index (χ0v) is 11.2. The van der Waals surface area contributed by atoms with Crippen LogP contribution in [0.15, 0.2) is 5.10 Å². The van der Waals surface area contributed by atoms with E-state index in [-0.39, 0.29) is 18.9 Å². The van der Waals surface area contributed by atoms with Gasteiger partial charge in [-0.2, -0.15) is 5.10 Å². The van der Waals surface area contributed by atoms with Crippen molar-refractivity contribution in [1.29, 1.82) is 0 Å². The van der Waals surface area contributed by atoms with Gasteiger partial charge in [-0.15, -0.1) is 0 Å². The lowest BCUT2D eigenvalue weighted by atomic mass is 10.0. The molecule has 6 heteroatoms. The average Bonchev–Trinajstić information content (AvgIpc) is 2.66. The summed E-state index contributed by atoms with van der Waals surface area (Å²) in [6, 6.07) is 0. The summed E-state index contributed by atoms with van der Waals surface area (Å²) in [7, 11) is 1.47. The summed E-state index contributed by atoms with van der Waals surface area (Å²) in [5.41, 5.74) is 0.621. The molecular weight excluding hydrogens is 234 g/mol. The fourth-order valence-corrected chi connectivity index (χ4v) is 1.89. The van der Waals surface area contributed by atoms with Crippen LogP contribution >= 0.6 is 0 Å². The third kappa shape index (κ3) is 3.72. The molecule has 0 saturated carbocycles. The number of carbonyl (C=O) groups excluding carboxylic acids is 1. The van der Waals surface area contributed by atoms with Gasteiger partial charge in [0.05, 0.1) is 18.7 Å². The summed E-state index contributed by atoms with van der Waals surface area (Å²) < 4.78 is 0. The molecule has 0 aromatic carbocycles. The molecule has 0 bridgehead atoms. The SMILES string of the molecule is CCC(CC)CN1N=C(CN(C)C(=O)O)CC1=O. The second kappa shape index (κ2) is 6.37. The number of amides is 2. The van der Waals surface area contributed by atoms with Crippen LogP contribution in [0.2, 0.25) is 0 Å². The Bertz CT molecular complexity index is 350. The molecule has 0 saturated heterocycles. The molecule has 1 rings (SSSR count). The Morgan fingerprint density at radius 3 is 2.61 bits per heavy atom. The number of hydrogen-bond acceptors (Lipinski definition) is 3. The summed E-state index contributed by atoms with van der Waals surface area (Å²) in [5, 5.41) is 14.5. The molecule has 0 atom stereocenters. The zero-order chi connectivity index (χ0) is 13.7. The third-order valence-corrected chi connectivity index (χ3v) is 3.24. The fourth-order valence-electron chi connectivity index (χ4n) is 1.89. The van der Waals surface area contributed by atoms with Crippen LogP contribution in [0.1, 0.15) is 33.1 Å². The standard InChI is InChI=1S/C12H21N3O3/c1-4-9(5-2)7-15-11(16)6-10(13-15)8-14(3)12(17)18/h9H,4-8H2,1-3H3,(H,17,18). The highest BCUT2D eigenvalue weighted by Gasteiger charge is 2.26. The van der Waals surface area contributed by atoms with Crippen molar-refractivity contribution in [3.05, 3.63) is 0 Å². The van der Waals surface area contributed by atoms with E-state index >= 15 is 0 Å². The number of carboxylic acid groups (broad SMARTS) is 1. The van der Waals surface area contributed by atoms with Crippen molar-refractivity contribution in [2.75, 3.05) is 20.1 Å². The first-order valence-corrected chi connectivity index (χ1v) is 6.28. The van der Waals surface area contributed by atoms with Crippen LogP contribution in [0.3, 0.4) is 0 Å². The molecule has 0 spiro atoms. The normalized spacial score (nSPS) is 15.2. The minimum atomic E-state index is -1.01. The fraction of sp³-hybridized carbons (Fsp3) is 0.750. The molecule has 0 aliphatic carbocycles. The van der Waals surface area contributed by atoms with Gasteiger partial charge in [-0.1, -0.05) is 26.7 Å². The van der Waals surface area contributed by atoms with E-state index in [9.17, 15) is 9.59 Å². The highest BCUT2D eigenvalue weighted by Crippen LogP contribution is 2.15. The maximum Gasteiger partial charge on any atom is 0.407 e. The van der Waals surface area contributed by atoms with Crippen molar-refractivity contribution in [1.82, 2.24) is 9.91 Å². The summed E-state index contributed by atoms with van der Waals surface area (Å²) in [6.07, 6.45) is 1.25. The second-order valence-electron chi connectivity index (χ2n) is 4.64. The molecule has 0 fully saturated rings. The Hall–Kier alpha value is -1.59. The Balaban J connectivity index is 2.58. The van der Waals surface area contributed by atoms with E-state index < -0.39 is 6.09 Å². The van der Waals surface area contributed by atoms with Gasteiger partial charge in [0.15, 0.2) is 0 Å². The highest BCUT2D eigenvalue weighted by atomic mass is 16.4. The molecular formula is C12H21N3O3. The van der Waals surface area contributed by atoms with Crippen LogP contribution in [-0.4, -0.2) is 52.9 Å². The maximum absolute atomic E-state index is 11.7. The van der Waals surface area contributed by atoms with Gasteiger partial charge in [-0.05, 0) is 5.92 Å². The summed E-state index contributed by atoms with van der Waals surface area (Å²) in [6.45, 7) is 5.02. The van der Waals surface area contributed by atoms with Gasteiger partial charge in [-0.3, -0.25) is 4.79 Å². The lowest BCUT2D eigenvalue weighted by Gasteiger charge is -2.18. The van der Waals surface area contributed by atoms with Crippen LogP contribution in [0.4, 0.5) is 4.79 Å². The predicted octanol–water partition coefficient (Wildman–Crippen LogP) is 1.62. The van der Waals surface area contributed by atoms with Gasteiger partial charge in [0.1, 0.15) is 0 Å². The van der Waals surface area contributed by atoms with Crippen molar-refractivity contribution in [2.45, 2.75) is 33.1 Å². The minimum absolute atomic E-state index is 0.0318. The molecule has 18 heavy (non-hydrogen) atoms. The minimum Gasteiger partial charge on any atom is -0.465 e. The zero-order valence-electron chi connectivity index (χ0n) is 11.2. The van der Waals surface area contributed by atoms with Crippen LogP contribution in [0.25, 0.3) is 0 Å². The number of rotatable bonds is 6. The third-order valence-electron chi connectivity index (χ3n) is 3.24. The van der Waals surface area contributed by atoms with Gasteiger partial charge < -0.3 is 10.0 Å². The lowest BCUT2D eigenvalue weighted by molar-refractivity contribution is -0.129. The van der Waals surface area contributed by atoms with Gasteiger partial charge in [0.2, 0.25) is 5.91 Å². The molecule has 0 aromatic rings. The molecule has 2 amide bonds. The highest BCUT2D eigenvalue weighted by molar-refractivity contribution is 6.06. The molecule has 0 aromatic heterocycles. The van der Waals surface area contributed by atoms with Gasteiger partial charge >= 0.3 is 6.09 Å². The van der Waals surface area contributed by atoms with Crippen LogP contribution in [-0.2, 0) is 4.79 Å². The number of nitrogens with zero attached hydrogens (tertiary/aromatic N) is 3. The molecule has 102 valence electrons. The topological polar surface area (TPSA) is 73.2 Å². The number of hydrazone groups is 1. The summed E-state index contributed by atoms with van der Waals surface area (Å²) in [5.74, 6) is 0.421. The Kier molecular flexibility index (Phi) is 5.12. The van der Waals surface area contributed by atoms with Crippen molar-refractivity contribution in [3.63, 3.8) is 0 Å². The van der Waals surface area contributed by atoms with Gasteiger partial charge in [-0.25, -0.2) is 9.80 Å². The Labute approximate surface area is 107 Å². The summed E-state index contributed by atoms with van der Waals surface area (Å²) in [4.78, 5) is 23.6. The van der Waals surface area contributed by atoms with E-state index in [1.807, 2.05) is 0 Å². The molecule has 1 N–H and O–H groups in total. The first kappa shape index (κ1) is 14.5. The molecule has 0 unspecified atom stereocenters. The van der Waals surface area contributed by atoms with Crippen molar-refractivity contribution in [3.8, 4) is 0 Å². The van der Waals surface area contributed by atoms with Crippen molar-refractivity contribution >= 4 is 17.7 Å². The lowest BCUT2D eigenvalue weighted by Crippen LogP contribution is -2.30. The van der Waals surface area contributed by atoms with Crippen LogP contribution < -0.4 is 0 Å². The summed E-state index contributed by atoms with van der Waals surface area (Å²) >= 11 is 0. The van der Waals surface area contributed by atoms with Gasteiger partial charge in [0, 0.05) is 13.6 Å². The quantitative estimate of drug-likeness (QED) is 0.783. The molecule has 0 radical (unpaired) electrons. The van der Waals surface area contributed by atoms with E-state index in [1.165, 1.54) is 12.1 Å². The smallest absolute Gasteiger partial charge is 0.407 e. The van der Waals surface area contributed by atoms with E-state index in [0.717, 1.165) is 17.7 Å². The number of carbonyl (C=O) groups is 2. The van der Waals surface area contributed by atoms with Crippen molar-refractivity contribution in [2.24, 2.45) is 11.0 Å². The second-order valence-corrected chi connectivity index (χ2v) is 4.64. The van der Waals surface area contributed by atoms with Gasteiger partial charge in [0.25, 0.3) is 0 Å². The largest absolute Gasteiger partial charge is 0.465 e. The first-order chi connectivity index (χ1) is 8.47. The van der Waals surface area contributed by atoms with E-state index in [0.29, 0.717) is 18.2 Å². The Morgan fingerprint density at radius 1 is 1.50 bits per heavy atom. The maximum atomic E-state index is 11.7. The molecule has 6 nitrogen and oxygen atoms in total. The van der Waals surface area contributed by atoms with E-state index in [1.54, 1.807) is 0 Å². The average molecular weight is 255 g/mol. The van der Waals surface area contributed by atoms with Crippen LogP contribution in [0.5, 0.6) is 0 Å². The molecule has 1 aliphatic heterocycles. The van der Waals surface area contributed by atoms with E-state index in [2.05, 4.69) is 18.9 Å². The number of hydrogen-bond donors (Lipinski definition) is 1. The predicted molar refractivity (Wildman–Crippen MR) is 68.5 cm³/mol. The molecule has 1 heterocycles.